The summed E-state index contributed by atoms with van der Waals surface area (Å²) >= 11 is 0. The summed E-state index contributed by atoms with van der Waals surface area (Å²) in [6.45, 7) is 3.87. The lowest BCUT2D eigenvalue weighted by atomic mass is 10.1. The van der Waals surface area contributed by atoms with E-state index >= 15 is 0 Å². The van der Waals surface area contributed by atoms with E-state index in [0.29, 0.717) is 24.8 Å². The van der Waals surface area contributed by atoms with E-state index in [2.05, 4.69) is 32.9 Å². The van der Waals surface area contributed by atoms with Gasteiger partial charge in [-0.3, -0.25) is 9.67 Å². The van der Waals surface area contributed by atoms with Crippen molar-refractivity contribution in [3.63, 3.8) is 0 Å². The zero-order valence-corrected chi connectivity index (χ0v) is 16.7. The predicted molar refractivity (Wildman–Crippen MR) is 112 cm³/mol. The van der Waals surface area contributed by atoms with Gasteiger partial charge in [0, 0.05) is 26.0 Å². The Labute approximate surface area is 170 Å². The molecule has 0 bridgehead atoms. The Kier molecular flexibility index (Phi) is 7.22. The standard InChI is InChI=1S/C22H26FN5O/c1-17(29-21-10-8-20(23)9-11-21)14-25-22(24-2)26-15-18-6-3-4-7-19(18)16-28-13-5-12-27-28/h3-13,17H,14-16H2,1-2H3,(H2,24,25,26). The molecule has 29 heavy (non-hydrogen) atoms. The fraction of sp³-hybridized carbons (Fsp3) is 0.273. The summed E-state index contributed by atoms with van der Waals surface area (Å²) < 4.78 is 20.7. The first-order valence-electron chi connectivity index (χ1n) is 9.55. The first kappa shape index (κ1) is 20.4. The van der Waals surface area contributed by atoms with Crippen molar-refractivity contribution in [2.24, 2.45) is 4.99 Å². The molecule has 2 aromatic carbocycles. The van der Waals surface area contributed by atoms with Crippen molar-refractivity contribution >= 4 is 5.96 Å². The number of hydrogen-bond donors (Lipinski definition) is 2. The first-order chi connectivity index (χ1) is 14.1. The molecule has 3 rings (SSSR count). The van der Waals surface area contributed by atoms with Crippen LogP contribution in [-0.4, -0.2) is 35.4 Å². The molecule has 0 amide bonds. The number of rotatable bonds is 8. The summed E-state index contributed by atoms with van der Waals surface area (Å²) in [5.74, 6) is 1.05. The normalized spacial score (nSPS) is 12.4. The van der Waals surface area contributed by atoms with Gasteiger partial charge in [-0.05, 0) is 48.4 Å². The highest BCUT2D eigenvalue weighted by molar-refractivity contribution is 5.79. The molecule has 1 unspecified atom stereocenters. The zero-order chi connectivity index (χ0) is 20.5. The molecule has 0 aliphatic heterocycles. The zero-order valence-electron chi connectivity index (χ0n) is 16.7. The molecule has 7 heteroatoms. The summed E-state index contributed by atoms with van der Waals surface area (Å²) in [5, 5.41) is 10.9. The second-order valence-electron chi connectivity index (χ2n) is 6.66. The van der Waals surface area contributed by atoms with E-state index in [9.17, 15) is 4.39 Å². The van der Waals surface area contributed by atoms with Gasteiger partial charge in [-0.15, -0.1) is 0 Å². The third-order valence-electron chi connectivity index (χ3n) is 4.39. The van der Waals surface area contributed by atoms with Crippen LogP contribution in [0, 0.1) is 5.82 Å². The molecule has 0 aliphatic carbocycles. The molecule has 0 saturated carbocycles. The third-order valence-corrected chi connectivity index (χ3v) is 4.39. The van der Waals surface area contributed by atoms with Crippen molar-refractivity contribution in [3.05, 3.63) is 83.9 Å². The second-order valence-corrected chi connectivity index (χ2v) is 6.66. The maximum absolute atomic E-state index is 13.0. The molecular formula is C22H26FN5O. The summed E-state index contributed by atoms with van der Waals surface area (Å²) in [6, 6.07) is 16.2. The molecule has 152 valence electrons. The number of guanidine groups is 1. The number of halogens is 1. The number of nitrogens with zero attached hydrogens (tertiary/aromatic N) is 3. The summed E-state index contributed by atoms with van der Waals surface area (Å²) in [5.41, 5.74) is 2.38. The van der Waals surface area contributed by atoms with E-state index in [1.807, 2.05) is 36.0 Å². The van der Waals surface area contributed by atoms with Crippen LogP contribution in [0.2, 0.25) is 0 Å². The summed E-state index contributed by atoms with van der Waals surface area (Å²) in [7, 11) is 1.73. The number of ether oxygens (including phenoxy) is 1. The Morgan fingerprint density at radius 1 is 1.10 bits per heavy atom. The smallest absolute Gasteiger partial charge is 0.191 e. The van der Waals surface area contributed by atoms with E-state index in [4.69, 9.17) is 4.74 Å². The Morgan fingerprint density at radius 3 is 2.55 bits per heavy atom. The van der Waals surface area contributed by atoms with Crippen LogP contribution in [0.5, 0.6) is 5.75 Å². The van der Waals surface area contributed by atoms with Crippen molar-refractivity contribution in [1.29, 1.82) is 0 Å². The van der Waals surface area contributed by atoms with Gasteiger partial charge in [0.05, 0.1) is 13.1 Å². The van der Waals surface area contributed by atoms with Gasteiger partial charge >= 0.3 is 0 Å². The lowest BCUT2D eigenvalue weighted by Gasteiger charge is -2.18. The van der Waals surface area contributed by atoms with Crippen LogP contribution in [0.25, 0.3) is 0 Å². The van der Waals surface area contributed by atoms with Crippen LogP contribution in [0.15, 0.2) is 72.0 Å². The van der Waals surface area contributed by atoms with E-state index in [1.54, 1.807) is 25.4 Å². The van der Waals surface area contributed by atoms with Gasteiger partial charge in [0.25, 0.3) is 0 Å². The number of hydrogen-bond acceptors (Lipinski definition) is 3. The molecule has 0 spiro atoms. The van der Waals surface area contributed by atoms with Crippen molar-refractivity contribution in [1.82, 2.24) is 20.4 Å². The van der Waals surface area contributed by atoms with Crippen LogP contribution >= 0.6 is 0 Å². The number of aliphatic imine (C=N–C) groups is 1. The monoisotopic (exact) mass is 395 g/mol. The molecule has 0 saturated heterocycles. The lowest BCUT2D eigenvalue weighted by molar-refractivity contribution is 0.223. The minimum Gasteiger partial charge on any atom is -0.489 e. The van der Waals surface area contributed by atoms with Gasteiger partial charge in [-0.25, -0.2) is 4.39 Å². The number of nitrogens with one attached hydrogen (secondary N) is 2. The average Bonchev–Trinajstić information content (AvgIpc) is 3.24. The maximum atomic E-state index is 13.0. The van der Waals surface area contributed by atoms with Crippen LogP contribution in [0.1, 0.15) is 18.1 Å². The Hall–Kier alpha value is -3.35. The molecule has 1 atom stereocenters. The Balaban J connectivity index is 1.50. The average molecular weight is 395 g/mol. The molecule has 6 nitrogen and oxygen atoms in total. The quantitative estimate of drug-likeness (QED) is 0.454. The molecule has 3 aromatic rings. The summed E-state index contributed by atoms with van der Waals surface area (Å²) in [4.78, 5) is 4.27. The first-order valence-corrected chi connectivity index (χ1v) is 9.55. The highest BCUT2D eigenvalue weighted by Gasteiger charge is 2.08. The summed E-state index contributed by atoms with van der Waals surface area (Å²) in [6.07, 6.45) is 3.63. The minimum absolute atomic E-state index is 0.105. The molecule has 1 heterocycles. The second kappa shape index (κ2) is 10.3. The van der Waals surface area contributed by atoms with Crippen molar-refractivity contribution in [3.8, 4) is 5.75 Å². The van der Waals surface area contributed by atoms with E-state index < -0.39 is 0 Å². The minimum atomic E-state index is -0.277. The SMILES string of the molecule is CN=C(NCc1ccccc1Cn1cccn1)NCC(C)Oc1ccc(F)cc1. The molecule has 0 aliphatic rings. The fourth-order valence-electron chi connectivity index (χ4n) is 2.88. The highest BCUT2D eigenvalue weighted by atomic mass is 19.1. The van der Waals surface area contributed by atoms with E-state index in [1.165, 1.54) is 23.3 Å². The lowest BCUT2D eigenvalue weighted by Crippen LogP contribution is -2.41. The molecule has 2 N–H and O–H groups in total. The largest absolute Gasteiger partial charge is 0.489 e. The van der Waals surface area contributed by atoms with Crippen LogP contribution in [0.3, 0.4) is 0 Å². The topological polar surface area (TPSA) is 63.5 Å². The molecule has 0 radical (unpaired) electrons. The fourth-order valence-corrected chi connectivity index (χ4v) is 2.88. The predicted octanol–water partition coefficient (Wildman–Crippen LogP) is 3.20. The van der Waals surface area contributed by atoms with Crippen LogP contribution < -0.4 is 15.4 Å². The maximum Gasteiger partial charge on any atom is 0.191 e. The third kappa shape index (κ3) is 6.34. The highest BCUT2D eigenvalue weighted by Crippen LogP contribution is 2.13. The molecule has 0 fully saturated rings. The Morgan fingerprint density at radius 2 is 1.86 bits per heavy atom. The van der Waals surface area contributed by atoms with Crippen molar-refractivity contribution < 1.29 is 9.13 Å². The van der Waals surface area contributed by atoms with E-state index in [0.717, 1.165) is 6.54 Å². The van der Waals surface area contributed by atoms with Gasteiger partial charge in [-0.2, -0.15) is 5.10 Å². The van der Waals surface area contributed by atoms with Gasteiger partial charge in [0.2, 0.25) is 0 Å². The Bertz CT molecular complexity index is 909. The van der Waals surface area contributed by atoms with Crippen LogP contribution in [0.4, 0.5) is 4.39 Å². The number of benzene rings is 2. The van der Waals surface area contributed by atoms with Gasteiger partial charge in [0.15, 0.2) is 5.96 Å². The van der Waals surface area contributed by atoms with Gasteiger partial charge in [-0.1, -0.05) is 24.3 Å². The van der Waals surface area contributed by atoms with E-state index in [-0.39, 0.29) is 11.9 Å². The van der Waals surface area contributed by atoms with Crippen LogP contribution in [-0.2, 0) is 13.1 Å². The van der Waals surface area contributed by atoms with Gasteiger partial charge in [0.1, 0.15) is 17.7 Å². The number of aromatic nitrogens is 2. The molecular weight excluding hydrogens is 369 g/mol. The molecule has 1 aromatic heterocycles. The van der Waals surface area contributed by atoms with Crippen molar-refractivity contribution in [2.75, 3.05) is 13.6 Å². The van der Waals surface area contributed by atoms with Gasteiger partial charge < -0.3 is 15.4 Å². The van der Waals surface area contributed by atoms with Crippen molar-refractivity contribution in [2.45, 2.75) is 26.1 Å².